The predicted octanol–water partition coefficient (Wildman–Crippen LogP) is 4.87. The number of amides is 1. The van der Waals surface area contributed by atoms with E-state index in [0.717, 1.165) is 24.1 Å². The molecule has 1 aliphatic carbocycles. The van der Waals surface area contributed by atoms with Crippen LogP contribution in [0.3, 0.4) is 0 Å². The number of carbonyl (C=O) groups excluding carboxylic acids is 1. The monoisotopic (exact) mass is 520 g/mol. The summed E-state index contributed by atoms with van der Waals surface area (Å²) in [5, 5.41) is 6.49. The second-order valence-corrected chi connectivity index (χ2v) is 11.0. The molecule has 8 nitrogen and oxygen atoms in total. The summed E-state index contributed by atoms with van der Waals surface area (Å²) < 4.78 is 32.7. The first-order valence-electron chi connectivity index (χ1n) is 13.2. The number of nitrogens with zero attached hydrogens (tertiary/aromatic N) is 1. The fourth-order valence-electron chi connectivity index (χ4n) is 5.33. The lowest BCUT2D eigenvalue weighted by molar-refractivity contribution is -0.181. The van der Waals surface area contributed by atoms with Crippen molar-refractivity contribution in [2.24, 2.45) is 0 Å². The minimum Gasteiger partial charge on any atom is -0.488 e. The van der Waals surface area contributed by atoms with Crippen molar-refractivity contribution in [2.45, 2.75) is 57.2 Å². The Bertz CT molecular complexity index is 1370. The zero-order valence-electron chi connectivity index (χ0n) is 21.9. The van der Waals surface area contributed by atoms with Gasteiger partial charge in [0.05, 0.1) is 42.0 Å². The smallest absolute Gasteiger partial charge is 0.255 e. The highest BCUT2D eigenvalue weighted by molar-refractivity contribution is 6.07. The molecule has 38 heavy (non-hydrogen) atoms. The van der Waals surface area contributed by atoms with Gasteiger partial charge >= 0.3 is 0 Å². The highest BCUT2D eigenvalue weighted by Gasteiger charge is 2.51. The number of pyridine rings is 1. The normalized spacial score (nSPS) is 21.1. The molecule has 2 fully saturated rings. The molecule has 0 unspecified atom stereocenters. The summed E-state index contributed by atoms with van der Waals surface area (Å²) in [7, 11) is 0. The van der Waals surface area contributed by atoms with Crippen LogP contribution in [-0.2, 0) is 21.3 Å². The molecule has 1 saturated carbocycles. The number of anilines is 2. The van der Waals surface area contributed by atoms with Gasteiger partial charge in [-0.15, -0.1) is 0 Å². The standard InChI is InChI=1S/C29H33FN4O4/c1-4-18-20(30)6-5-7-21(18)33-25-23-26(29(9-10-29)15-32-27(23)35)34-24(25)19-8-11-31-12-22(19)36-13-17-14-38-28(2,3)16-37-17/h5-8,11-12,17,33-34H,4,9-10,13-16H2,1-3H3,(H,32,35)/t17-/m0/s1. The van der Waals surface area contributed by atoms with E-state index >= 15 is 0 Å². The van der Waals surface area contributed by atoms with Gasteiger partial charge < -0.3 is 29.8 Å². The Morgan fingerprint density at radius 1 is 1.26 bits per heavy atom. The summed E-state index contributed by atoms with van der Waals surface area (Å²) in [5.41, 5.74) is 4.36. The van der Waals surface area contributed by atoms with E-state index in [1.807, 2.05) is 32.9 Å². The van der Waals surface area contributed by atoms with Gasteiger partial charge in [0.25, 0.3) is 5.91 Å². The summed E-state index contributed by atoms with van der Waals surface area (Å²) in [6, 6.07) is 6.83. The van der Waals surface area contributed by atoms with Gasteiger partial charge in [-0.3, -0.25) is 9.78 Å². The van der Waals surface area contributed by atoms with Crippen LogP contribution in [0.5, 0.6) is 5.75 Å². The number of carbonyl (C=O) groups is 1. The van der Waals surface area contributed by atoms with Crippen molar-refractivity contribution in [1.29, 1.82) is 0 Å². The average Bonchev–Trinajstić information content (AvgIpc) is 3.58. The Labute approximate surface area is 221 Å². The first kappa shape index (κ1) is 24.9. The van der Waals surface area contributed by atoms with Crippen molar-refractivity contribution in [2.75, 3.05) is 31.7 Å². The Hall–Kier alpha value is -3.43. The molecule has 1 saturated heterocycles. The van der Waals surface area contributed by atoms with E-state index in [0.29, 0.717) is 66.7 Å². The van der Waals surface area contributed by atoms with Crippen LogP contribution >= 0.6 is 0 Å². The summed E-state index contributed by atoms with van der Waals surface area (Å²) >= 11 is 0. The Balaban J connectivity index is 1.40. The van der Waals surface area contributed by atoms with Crippen LogP contribution in [-0.4, -0.2) is 53.9 Å². The molecular weight excluding hydrogens is 487 g/mol. The maximum atomic E-state index is 14.7. The summed E-state index contributed by atoms with van der Waals surface area (Å²) in [5.74, 6) is 0.129. The molecule has 2 aliphatic heterocycles. The zero-order valence-corrected chi connectivity index (χ0v) is 21.9. The van der Waals surface area contributed by atoms with Crippen LogP contribution < -0.4 is 15.4 Å². The van der Waals surface area contributed by atoms with Crippen LogP contribution in [0.2, 0.25) is 0 Å². The predicted molar refractivity (Wildman–Crippen MR) is 142 cm³/mol. The quantitative estimate of drug-likeness (QED) is 0.411. The van der Waals surface area contributed by atoms with Crippen molar-refractivity contribution in [1.82, 2.24) is 15.3 Å². The van der Waals surface area contributed by atoms with Crippen LogP contribution in [0.1, 0.15) is 55.2 Å². The Morgan fingerprint density at radius 3 is 2.84 bits per heavy atom. The van der Waals surface area contributed by atoms with E-state index < -0.39 is 0 Å². The van der Waals surface area contributed by atoms with Crippen molar-refractivity contribution >= 4 is 17.3 Å². The molecule has 3 aromatic rings. The highest BCUT2D eigenvalue weighted by atomic mass is 19.1. The number of hydrogen-bond acceptors (Lipinski definition) is 6. The fourth-order valence-corrected chi connectivity index (χ4v) is 5.33. The van der Waals surface area contributed by atoms with Gasteiger partial charge in [0.15, 0.2) is 0 Å². The molecule has 4 heterocycles. The minimum atomic E-state index is -0.312. The zero-order chi connectivity index (χ0) is 26.5. The molecule has 1 amide bonds. The first-order valence-corrected chi connectivity index (χ1v) is 13.2. The highest BCUT2D eigenvalue weighted by Crippen LogP contribution is 2.54. The van der Waals surface area contributed by atoms with Crippen molar-refractivity contribution in [3.05, 3.63) is 59.3 Å². The number of aromatic amines is 1. The van der Waals surface area contributed by atoms with Crippen LogP contribution in [0.25, 0.3) is 11.3 Å². The minimum absolute atomic E-state index is 0.0957. The van der Waals surface area contributed by atoms with E-state index in [1.165, 1.54) is 6.07 Å². The van der Waals surface area contributed by atoms with Crippen LogP contribution in [0.15, 0.2) is 36.7 Å². The third kappa shape index (κ3) is 4.43. The lowest BCUT2D eigenvalue weighted by atomic mass is 9.93. The third-order valence-electron chi connectivity index (χ3n) is 7.74. The van der Waals surface area contributed by atoms with Gasteiger partial charge in [-0.2, -0.15) is 0 Å². The molecule has 1 aromatic carbocycles. The SMILES string of the molecule is CCc1c(F)cccc1Nc1c(-c2ccncc2OC[C@H]2COC(C)(C)CO2)[nH]c2c1C(=O)NCC21CC1. The number of fused-ring (bicyclic) bond motifs is 2. The van der Waals surface area contributed by atoms with E-state index in [4.69, 9.17) is 14.2 Å². The first-order chi connectivity index (χ1) is 18.3. The third-order valence-corrected chi connectivity index (χ3v) is 7.74. The van der Waals surface area contributed by atoms with Gasteiger partial charge in [0.2, 0.25) is 0 Å². The largest absolute Gasteiger partial charge is 0.488 e. The molecule has 1 atom stereocenters. The second-order valence-electron chi connectivity index (χ2n) is 11.0. The molecular formula is C29H33FN4O4. The summed E-state index contributed by atoms with van der Waals surface area (Å²) in [4.78, 5) is 21.1. The molecule has 200 valence electrons. The van der Waals surface area contributed by atoms with Gasteiger partial charge in [0.1, 0.15) is 24.3 Å². The number of rotatable bonds is 7. The van der Waals surface area contributed by atoms with Crippen molar-refractivity contribution in [3.8, 4) is 17.0 Å². The lowest BCUT2D eigenvalue weighted by Crippen LogP contribution is -2.44. The number of H-pyrrole nitrogens is 1. The van der Waals surface area contributed by atoms with E-state index in [-0.39, 0.29) is 28.8 Å². The summed E-state index contributed by atoms with van der Waals surface area (Å²) in [6.07, 6.45) is 5.66. The van der Waals surface area contributed by atoms with Crippen LogP contribution in [0, 0.1) is 5.82 Å². The maximum Gasteiger partial charge on any atom is 0.255 e. The molecule has 0 bridgehead atoms. The van der Waals surface area contributed by atoms with E-state index in [1.54, 1.807) is 18.5 Å². The Morgan fingerprint density at radius 2 is 2.11 bits per heavy atom. The number of nitrogens with one attached hydrogen (secondary N) is 3. The lowest BCUT2D eigenvalue weighted by Gasteiger charge is -2.34. The Kier molecular flexibility index (Phi) is 6.15. The molecule has 0 radical (unpaired) electrons. The number of benzene rings is 1. The number of aromatic nitrogens is 2. The molecule has 3 N–H and O–H groups in total. The number of ether oxygens (including phenoxy) is 3. The van der Waals surface area contributed by atoms with Gasteiger partial charge in [-0.05, 0) is 51.3 Å². The van der Waals surface area contributed by atoms with Crippen LogP contribution in [0.4, 0.5) is 15.8 Å². The molecule has 3 aliphatic rings. The molecule has 1 spiro atoms. The van der Waals surface area contributed by atoms with Crippen molar-refractivity contribution in [3.63, 3.8) is 0 Å². The number of hydrogen-bond donors (Lipinski definition) is 3. The summed E-state index contributed by atoms with van der Waals surface area (Å²) in [6.45, 7) is 7.74. The molecule has 9 heteroatoms. The van der Waals surface area contributed by atoms with E-state index in [2.05, 4.69) is 20.6 Å². The fraction of sp³-hybridized carbons (Fsp3) is 0.448. The van der Waals surface area contributed by atoms with Gasteiger partial charge in [-0.1, -0.05) is 13.0 Å². The van der Waals surface area contributed by atoms with Crippen molar-refractivity contribution < 1.29 is 23.4 Å². The average molecular weight is 521 g/mol. The van der Waals surface area contributed by atoms with E-state index in [9.17, 15) is 9.18 Å². The topological polar surface area (TPSA) is 97.5 Å². The van der Waals surface area contributed by atoms with Gasteiger partial charge in [-0.25, -0.2) is 4.39 Å². The molecule has 6 rings (SSSR count). The maximum absolute atomic E-state index is 14.7. The number of halogens is 1. The molecule has 2 aromatic heterocycles. The van der Waals surface area contributed by atoms with Gasteiger partial charge in [0, 0.05) is 40.7 Å². The second kappa shape index (κ2) is 9.39.